The summed E-state index contributed by atoms with van der Waals surface area (Å²) in [7, 11) is 2.66. The van der Waals surface area contributed by atoms with Gasteiger partial charge in [-0.2, -0.15) is 0 Å². The Morgan fingerprint density at radius 1 is 1.09 bits per heavy atom. The SMILES string of the molecule is COC(=O)Cc1c(C(=O)OC)c(C)cn1Cc1ccccc1. The van der Waals surface area contributed by atoms with E-state index in [-0.39, 0.29) is 6.42 Å². The first-order valence-corrected chi connectivity index (χ1v) is 6.94. The summed E-state index contributed by atoms with van der Waals surface area (Å²) in [5.74, 6) is -0.833. The number of benzene rings is 1. The zero-order valence-electron chi connectivity index (χ0n) is 13.0. The second-order valence-electron chi connectivity index (χ2n) is 4.99. The fraction of sp³-hybridized carbons (Fsp3) is 0.294. The fourth-order valence-corrected chi connectivity index (χ4v) is 2.45. The van der Waals surface area contributed by atoms with E-state index >= 15 is 0 Å². The van der Waals surface area contributed by atoms with Crippen LogP contribution in [0.1, 0.15) is 27.2 Å². The van der Waals surface area contributed by atoms with Gasteiger partial charge in [-0.25, -0.2) is 4.79 Å². The Morgan fingerprint density at radius 2 is 1.77 bits per heavy atom. The minimum atomic E-state index is -0.441. The van der Waals surface area contributed by atoms with Crippen molar-refractivity contribution < 1.29 is 19.1 Å². The molecule has 1 aromatic heterocycles. The maximum absolute atomic E-state index is 12.0. The number of ether oxygens (including phenoxy) is 2. The summed E-state index contributed by atoms with van der Waals surface area (Å²) in [6.07, 6.45) is 1.89. The molecule has 2 rings (SSSR count). The third kappa shape index (κ3) is 3.36. The molecule has 5 heteroatoms. The number of rotatable bonds is 5. The lowest BCUT2D eigenvalue weighted by Crippen LogP contribution is -2.15. The molecule has 1 heterocycles. The Kier molecular flexibility index (Phi) is 4.99. The predicted molar refractivity (Wildman–Crippen MR) is 81.8 cm³/mol. The van der Waals surface area contributed by atoms with Crippen LogP contribution in [0.4, 0.5) is 0 Å². The molecular formula is C17H19NO4. The zero-order valence-corrected chi connectivity index (χ0v) is 13.0. The van der Waals surface area contributed by atoms with E-state index in [0.717, 1.165) is 11.1 Å². The average Bonchev–Trinajstić information content (AvgIpc) is 2.82. The molecule has 0 N–H and O–H groups in total. The summed E-state index contributed by atoms with van der Waals surface area (Å²) in [5, 5.41) is 0. The van der Waals surface area contributed by atoms with Gasteiger partial charge >= 0.3 is 11.9 Å². The van der Waals surface area contributed by atoms with Gasteiger partial charge in [0.1, 0.15) is 0 Å². The molecule has 0 radical (unpaired) electrons. The number of methoxy groups -OCH3 is 2. The standard InChI is InChI=1S/C17H19NO4/c1-12-10-18(11-13-7-5-4-6-8-13)14(9-15(19)21-2)16(12)17(20)22-3/h4-8,10H,9,11H2,1-3H3. The molecule has 0 saturated heterocycles. The zero-order chi connectivity index (χ0) is 16.1. The summed E-state index contributed by atoms with van der Waals surface area (Å²) >= 11 is 0. The van der Waals surface area contributed by atoms with E-state index in [1.165, 1.54) is 14.2 Å². The number of hydrogen-bond donors (Lipinski definition) is 0. The van der Waals surface area contributed by atoms with E-state index in [9.17, 15) is 9.59 Å². The van der Waals surface area contributed by atoms with Crippen LogP contribution in [0.3, 0.4) is 0 Å². The summed E-state index contributed by atoms with van der Waals surface area (Å²) < 4.78 is 11.5. The molecular weight excluding hydrogens is 282 g/mol. The van der Waals surface area contributed by atoms with Gasteiger partial charge in [-0.3, -0.25) is 4.79 Å². The Hall–Kier alpha value is -2.56. The molecule has 1 aromatic carbocycles. The molecule has 2 aromatic rings. The van der Waals surface area contributed by atoms with Crippen LogP contribution in [0.15, 0.2) is 36.5 Å². The lowest BCUT2D eigenvalue weighted by atomic mass is 10.1. The first kappa shape index (κ1) is 15.8. The van der Waals surface area contributed by atoms with Crippen LogP contribution in [-0.4, -0.2) is 30.7 Å². The van der Waals surface area contributed by atoms with Crippen molar-refractivity contribution in [2.75, 3.05) is 14.2 Å². The Morgan fingerprint density at radius 3 is 2.36 bits per heavy atom. The number of hydrogen-bond acceptors (Lipinski definition) is 4. The number of carbonyl (C=O) groups excluding carboxylic acids is 2. The van der Waals surface area contributed by atoms with Gasteiger partial charge in [0.25, 0.3) is 0 Å². The Labute approximate surface area is 129 Å². The van der Waals surface area contributed by atoms with Crippen molar-refractivity contribution in [3.63, 3.8) is 0 Å². The fourth-order valence-electron chi connectivity index (χ4n) is 2.45. The molecule has 0 fully saturated rings. The highest BCUT2D eigenvalue weighted by molar-refractivity contribution is 5.93. The molecule has 0 unspecified atom stereocenters. The number of aryl methyl sites for hydroxylation is 1. The van der Waals surface area contributed by atoms with Crippen LogP contribution >= 0.6 is 0 Å². The third-order valence-electron chi connectivity index (χ3n) is 3.50. The molecule has 5 nitrogen and oxygen atoms in total. The lowest BCUT2D eigenvalue weighted by molar-refractivity contribution is -0.139. The van der Waals surface area contributed by atoms with Crippen molar-refractivity contribution in [1.29, 1.82) is 0 Å². The first-order valence-electron chi connectivity index (χ1n) is 6.94. The highest BCUT2D eigenvalue weighted by Gasteiger charge is 2.22. The van der Waals surface area contributed by atoms with Crippen molar-refractivity contribution in [2.45, 2.75) is 19.9 Å². The maximum Gasteiger partial charge on any atom is 0.339 e. The normalized spacial score (nSPS) is 10.3. The van der Waals surface area contributed by atoms with Crippen molar-refractivity contribution in [3.8, 4) is 0 Å². The molecule has 116 valence electrons. The summed E-state index contributed by atoms with van der Waals surface area (Å²) in [6.45, 7) is 2.40. The minimum Gasteiger partial charge on any atom is -0.469 e. The van der Waals surface area contributed by atoms with Gasteiger partial charge in [0.05, 0.1) is 26.2 Å². The smallest absolute Gasteiger partial charge is 0.339 e. The number of esters is 2. The molecule has 0 saturated carbocycles. The quantitative estimate of drug-likeness (QED) is 0.795. The van der Waals surface area contributed by atoms with Crippen molar-refractivity contribution >= 4 is 11.9 Å². The van der Waals surface area contributed by atoms with E-state index in [4.69, 9.17) is 9.47 Å². The Balaban J connectivity index is 2.44. The van der Waals surface area contributed by atoms with Crippen LogP contribution in [0.25, 0.3) is 0 Å². The van der Waals surface area contributed by atoms with Crippen LogP contribution in [0, 0.1) is 6.92 Å². The minimum absolute atomic E-state index is 0.0294. The summed E-state index contributed by atoms with van der Waals surface area (Å²) in [6, 6.07) is 9.84. The Bertz CT molecular complexity index is 673. The van der Waals surface area contributed by atoms with E-state index in [0.29, 0.717) is 17.8 Å². The van der Waals surface area contributed by atoms with Crippen molar-refractivity contribution in [1.82, 2.24) is 4.57 Å². The van der Waals surface area contributed by atoms with Gasteiger partial charge < -0.3 is 14.0 Å². The van der Waals surface area contributed by atoms with Gasteiger partial charge in [-0.1, -0.05) is 30.3 Å². The second kappa shape index (κ2) is 6.93. The average molecular weight is 301 g/mol. The monoisotopic (exact) mass is 301 g/mol. The number of aromatic nitrogens is 1. The summed E-state index contributed by atoms with van der Waals surface area (Å²) in [4.78, 5) is 23.7. The highest BCUT2D eigenvalue weighted by Crippen LogP contribution is 2.21. The van der Waals surface area contributed by atoms with E-state index in [1.807, 2.05) is 48.0 Å². The third-order valence-corrected chi connectivity index (χ3v) is 3.50. The molecule has 22 heavy (non-hydrogen) atoms. The van der Waals surface area contributed by atoms with Gasteiger partial charge in [0.2, 0.25) is 0 Å². The molecule has 0 amide bonds. The van der Waals surface area contributed by atoms with Crippen LogP contribution < -0.4 is 0 Å². The molecule has 0 aliphatic carbocycles. The largest absolute Gasteiger partial charge is 0.469 e. The molecule has 0 aliphatic heterocycles. The predicted octanol–water partition coefficient (Wildman–Crippen LogP) is 2.35. The van der Waals surface area contributed by atoms with Crippen LogP contribution in [0.2, 0.25) is 0 Å². The van der Waals surface area contributed by atoms with E-state index in [1.54, 1.807) is 0 Å². The van der Waals surface area contributed by atoms with Crippen LogP contribution in [0.5, 0.6) is 0 Å². The summed E-state index contributed by atoms with van der Waals surface area (Å²) in [5.41, 5.74) is 2.91. The van der Waals surface area contributed by atoms with Gasteiger partial charge in [-0.15, -0.1) is 0 Å². The van der Waals surface area contributed by atoms with E-state index in [2.05, 4.69) is 0 Å². The molecule has 0 spiro atoms. The molecule has 0 atom stereocenters. The highest BCUT2D eigenvalue weighted by atomic mass is 16.5. The maximum atomic E-state index is 12.0. The van der Waals surface area contributed by atoms with E-state index < -0.39 is 11.9 Å². The molecule has 0 bridgehead atoms. The number of carbonyl (C=O) groups is 2. The van der Waals surface area contributed by atoms with Gasteiger partial charge in [0, 0.05) is 18.4 Å². The van der Waals surface area contributed by atoms with Gasteiger partial charge in [0.15, 0.2) is 0 Å². The first-order chi connectivity index (χ1) is 10.6. The molecule has 0 aliphatic rings. The van der Waals surface area contributed by atoms with Crippen molar-refractivity contribution in [2.24, 2.45) is 0 Å². The topological polar surface area (TPSA) is 57.5 Å². The second-order valence-corrected chi connectivity index (χ2v) is 4.99. The number of nitrogens with zero attached hydrogens (tertiary/aromatic N) is 1. The van der Waals surface area contributed by atoms with Crippen molar-refractivity contribution in [3.05, 3.63) is 58.9 Å². The lowest BCUT2D eigenvalue weighted by Gasteiger charge is -2.10. The van der Waals surface area contributed by atoms with Gasteiger partial charge in [-0.05, 0) is 18.1 Å². The van der Waals surface area contributed by atoms with Crippen LogP contribution in [-0.2, 0) is 27.2 Å².